The Labute approximate surface area is 134 Å². The number of halogens is 3. The van der Waals surface area contributed by atoms with E-state index in [-0.39, 0.29) is 24.2 Å². The Morgan fingerprint density at radius 3 is 2.48 bits per heavy atom. The summed E-state index contributed by atoms with van der Waals surface area (Å²) in [5.41, 5.74) is 0.0187. The van der Waals surface area contributed by atoms with E-state index >= 15 is 0 Å². The van der Waals surface area contributed by atoms with Crippen molar-refractivity contribution in [2.45, 2.75) is 44.9 Å². The first-order chi connectivity index (χ1) is 10.7. The number of piperidine rings is 1. The lowest BCUT2D eigenvalue weighted by Crippen LogP contribution is -2.46. The van der Waals surface area contributed by atoms with Crippen LogP contribution >= 0.6 is 0 Å². The second kappa shape index (κ2) is 6.91. The molecule has 1 N–H and O–H groups in total. The van der Waals surface area contributed by atoms with Gasteiger partial charge in [-0.1, -0.05) is 26.0 Å². The van der Waals surface area contributed by atoms with E-state index in [1.807, 2.05) is 13.8 Å². The molecule has 23 heavy (non-hydrogen) atoms. The summed E-state index contributed by atoms with van der Waals surface area (Å²) in [6, 6.07) is 4.94. The number of hydrogen-bond donors (Lipinski definition) is 1. The van der Waals surface area contributed by atoms with E-state index in [1.54, 1.807) is 4.90 Å². The van der Waals surface area contributed by atoms with E-state index in [4.69, 9.17) is 0 Å². The van der Waals surface area contributed by atoms with Crippen LogP contribution in [0.2, 0.25) is 0 Å². The number of benzene rings is 1. The van der Waals surface area contributed by atoms with Crippen LogP contribution in [0, 0.1) is 5.92 Å². The average molecular weight is 329 g/mol. The van der Waals surface area contributed by atoms with E-state index in [1.165, 1.54) is 12.1 Å². The normalized spacial score (nSPS) is 23.7. The molecule has 3 nitrogen and oxygen atoms in total. The van der Waals surface area contributed by atoms with E-state index in [2.05, 4.69) is 0 Å². The number of carbonyl (C=O) groups excluding carboxylic acids is 1. The molecule has 1 aromatic carbocycles. The van der Waals surface area contributed by atoms with E-state index in [0.29, 0.717) is 18.7 Å². The average Bonchev–Trinajstić information content (AvgIpc) is 2.49. The van der Waals surface area contributed by atoms with Gasteiger partial charge in [0.1, 0.15) is 0 Å². The van der Waals surface area contributed by atoms with Crippen LogP contribution in [0.5, 0.6) is 0 Å². The van der Waals surface area contributed by atoms with Crippen LogP contribution in [0.4, 0.5) is 13.2 Å². The zero-order valence-electron chi connectivity index (χ0n) is 13.3. The van der Waals surface area contributed by atoms with Gasteiger partial charge in [0.2, 0.25) is 5.91 Å². The summed E-state index contributed by atoms with van der Waals surface area (Å²) in [4.78, 5) is 13.9. The standard InChI is InChI=1S/C17H22F3NO2/c1-11-7-8-21(10-15(11)22)16(23)9-12(2)13-3-5-14(6-4-13)17(18,19)20/h3-6,11-12,15,22H,7-10H2,1-2H3. The molecule has 1 aromatic rings. The lowest BCUT2D eigenvalue weighted by atomic mass is 9.93. The highest BCUT2D eigenvalue weighted by atomic mass is 19.4. The number of aliphatic hydroxyl groups excluding tert-OH is 1. The second-order valence-electron chi connectivity index (χ2n) is 6.40. The third kappa shape index (κ3) is 4.47. The fourth-order valence-corrected chi connectivity index (χ4v) is 2.78. The van der Waals surface area contributed by atoms with Crippen LogP contribution in [0.3, 0.4) is 0 Å². The molecule has 1 aliphatic rings. The monoisotopic (exact) mass is 329 g/mol. The summed E-state index contributed by atoms with van der Waals surface area (Å²) in [6.07, 6.45) is -3.86. The minimum absolute atomic E-state index is 0.0663. The molecule has 0 bridgehead atoms. The number of aliphatic hydroxyl groups is 1. The molecule has 0 aromatic heterocycles. The van der Waals surface area contributed by atoms with E-state index in [9.17, 15) is 23.1 Å². The van der Waals surface area contributed by atoms with Gasteiger partial charge in [-0.05, 0) is 36.0 Å². The van der Waals surface area contributed by atoms with E-state index in [0.717, 1.165) is 18.6 Å². The number of alkyl halides is 3. The van der Waals surface area contributed by atoms with Crippen LogP contribution < -0.4 is 0 Å². The molecule has 0 aliphatic carbocycles. The molecule has 2 rings (SSSR count). The van der Waals surface area contributed by atoms with Crippen molar-refractivity contribution < 1.29 is 23.1 Å². The van der Waals surface area contributed by atoms with E-state index < -0.39 is 17.8 Å². The first-order valence-electron chi connectivity index (χ1n) is 7.81. The quantitative estimate of drug-likeness (QED) is 0.923. The Balaban J connectivity index is 1.96. The molecule has 0 saturated carbocycles. The molecule has 1 heterocycles. The van der Waals surface area contributed by atoms with Gasteiger partial charge >= 0.3 is 6.18 Å². The summed E-state index contributed by atoms with van der Waals surface area (Å²) >= 11 is 0. The predicted molar refractivity (Wildman–Crippen MR) is 80.8 cm³/mol. The van der Waals surface area contributed by atoms with Crippen molar-refractivity contribution in [2.75, 3.05) is 13.1 Å². The van der Waals surface area contributed by atoms with Gasteiger partial charge in [0, 0.05) is 19.5 Å². The second-order valence-corrected chi connectivity index (χ2v) is 6.40. The van der Waals surface area contributed by atoms with Gasteiger partial charge in [0.15, 0.2) is 0 Å². The van der Waals surface area contributed by atoms with Gasteiger partial charge in [0.25, 0.3) is 0 Å². The third-order valence-electron chi connectivity index (χ3n) is 4.56. The van der Waals surface area contributed by atoms with Gasteiger partial charge in [0.05, 0.1) is 11.7 Å². The molecule has 0 spiro atoms. The summed E-state index contributed by atoms with van der Waals surface area (Å²) in [5, 5.41) is 9.85. The third-order valence-corrected chi connectivity index (χ3v) is 4.56. The van der Waals surface area contributed by atoms with Crippen molar-refractivity contribution in [1.29, 1.82) is 0 Å². The Bertz CT molecular complexity index is 542. The van der Waals surface area contributed by atoms with Gasteiger partial charge in [-0.15, -0.1) is 0 Å². The number of carbonyl (C=O) groups is 1. The van der Waals surface area contributed by atoms with Crippen LogP contribution in [0.15, 0.2) is 24.3 Å². The summed E-state index contributed by atoms with van der Waals surface area (Å²) in [6.45, 7) is 4.73. The Kier molecular flexibility index (Phi) is 5.34. The molecule has 3 atom stereocenters. The van der Waals surface area contributed by atoms with Crippen LogP contribution in [-0.2, 0) is 11.0 Å². The Hall–Kier alpha value is -1.56. The lowest BCUT2D eigenvalue weighted by molar-refractivity contribution is -0.138. The zero-order valence-corrected chi connectivity index (χ0v) is 13.3. The maximum absolute atomic E-state index is 12.6. The number of β-amino-alcohol motifs (C(OH)–C–C–N with tert-alkyl or cyclic N) is 1. The van der Waals surface area contributed by atoms with Crippen molar-refractivity contribution in [3.63, 3.8) is 0 Å². The van der Waals surface area contributed by atoms with Crippen molar-refractivity contribution in [3.05, 3.63) is 35.4 Å². The number of nitrogens with zero attached hydrogens (tertiary/aromatic N) is 1. The first kappa shape index (κ1) is 17.8. The predicted octanol–water partition coefficient (Wildman–Crippen LogP) is 3.43. The molecule has 6 heteroatoms. The molecule has 128 valence electrons. The molecular formula is C17H22F3NO2. The molecule has 1 saturated heterocycles. The molecule has 3 unspecified atom stereocenters. The number of hydrogen-bond acceptors (Lipinski definition) is 2. The Morgan fingerprint density at radius 2 is 1.96 bits per heavy atom. The van der Waals surface area contributed by atoms with Gasteiger partial charge in [-0.25, -0.2) is 0 Å². The topological polar surface area (TPSA) is 40.5 Å². The highest BCUT2D eigenvalue weighted by Crippen LogP contribution is 2.31. The lowest BCUT2D eigenvalue weighted by Gasteiger charge is -2.34. The molecule has 1 fully saturated rings. The molecular weight excluding hydrogens is 307 g/mol. The largest absolute Gasteiger partial charge is 0.416 e. The summed E-state index contributed by atoms with van der Waals surface area (Å²) < 4.78 is 37.7. The van der Waals surface area contributed by atoms with Crippen molar-refractivity contribution >= 4 is 5.91 Å². The summed E-state index contributed by atoms with van der Waals surface area (Å²) in [7, 11) is 0. The van der Waals surface area contributed by atoms with Gasteiger partial charge in [-0.3, -0.25) is 4.79 Å². The molecule has 1 aliphatic heterocycles. The molecule has 0 radical (unpaired) electrons. The maximum atomic E-state index is 12.6. The minimum atomic E-state index is -4.35. The number of amides is 1. The summed E-state index contributed by atoms with van der Waals surface area (Å²) in [5.74, 6) is -0.0454. The Morgan fingerprint density at radius 1 is 1.35 bits per heavy atom. The van der Waals surface area contributed by atoms with Crippen LogP contribution in [0.1, 0.15) is 43.7 Å². The van der Waals surface area contributed by atoms with Crippen molar-refractivity contribution in [1.82, 2.24) is 4.90 Å². The SMILES string of the molecule is CC(CC(=O)N1CCC(C)C(O)C1)c1ccc(C(F)(F)F)cc1. The van der Waals surface area contributed by atoms with Crippen molar-refractivity contribution in [2.24, 2.45) is 5.92 Å². The zero-order chi connectivity index (χ0) is 17.2. The van der Waals surface area contributed by atoms with Gasteiger partial charge < -0.3 is 10.0 Å². The maximum Gasteiger partial charge on any atom is 0.416 e. The first-order valence-corrected chi connectivity index (χ1v) is 7.81. The fourth-order valence-electron chi connectivity index (χ4n) is 2.78. The number of likely N-dealkylation sites (tertiary alicyclic amines) is 1. The van der Waals surface area contributed by atoms with Gasteiger partial charge in [-0.2, -0.15) is 13.2 Å². The number of rotatable bonds is 3. The minimum Gasteiger partial charge on any atom is -0.391 e. The van der Waals surface area contributed by atoms with Crippen LogP contribution in [0.25, 0.3) is 0 Å². The van der Waals surface area contributed by atoms with Crippen molar-refractivity contribution in [3.8, 4) is 0 Å². The fraction of sp³-hybridized carbons (Fsp3) is 0.588. The highest BCUT2D eigenvalue weighted by molar-refractivity contribution is 5.77. The highest BCUT2D eigenvalue weighted by Gasteiger charge is 2.31. The molecule has 1 amide bonds. The van der Waals surface area contributed by atoms with Crippen LogP contribution in [-0.4, -0.2) is 35.1 Å². The smallest absolute Gasteiger partial charge is 0.391 e.